The van der Waals surface area contributed by atoms with E-state index in [9.17, 15) is 29.7 Å². The zero-order valence-corrected chi connectivity index (χ0v) is 11.0. The van der Waals surface area contributed by atoms with Crippen LogP contribution in [0.4, 0.5) is 0 Å². The molecule has 5 atom stereocenters. The molecule has 1 aromatic heterocycles. The zero-order valence-electron chi connectivity index (χ0n) is 11.0. The number of aromatic amines is 1. The summed E-state index contributed by atoms with van der Waals surface area (Å²) in [5.41, 5.74) is -2.03. The number of carbonyl (C=O) groups is 1. The van der Waals surface area contributed by atoms with E-state index >= 15 is 0 Å². The van der Waals surface area contributed by atoms with Gasteiger partial charge in [-0.15, -0.1) is 0 Å². The van der Waals surface area contributed by atoms with E-state index in [0.29, 0.717) is 4.57 Å². The smallest absolute Gasteiger partial charge is 0.335 e. The van der Waals surface area contributed by atoms with Gasteiger partial charge in [0.1, 0.15) is 18.3 Å². The lowest BCUT2D eigenvalue weighted by Gasteiger charge is -2.18. The minimum Gasteiger partial charge on any atom is -0.479 e. The van der Waals surface area contributed by atoms with Gasteiger partial charge in [0.2, 0.25) is 0 Å². The highest BCUT2D eigenvalue weighted by Crippen LogP contribution is 2.30. The molecule has 0 amide bonds. The second-order valence-corrected chi connectivity index (χ2v) is 4.73. The van der Waals surface area contributed by atoms with Crippen LogP contribution in [0.1, 0.15) is 11.8 Å². The van der Waals surface area contributed by atoms with Crippen LogP contribution in [0, 0.1) is 0 Å². The van der Waals surface area contributed by atoms with Gasteiger partial charge in [-0.05, 0) is 0 Å². The Morgan fingerprint density at radius 3 is 2.55 bits per heavy atom. The van der Waals surface area contributed by atoms with Crippen LogP contribution in [0.15, 0.2) is 15.8 Å². The van der Waals surface area contributed by atoms with Gasteiger partial charge in [-0.3, -0.25) is 14.3 Å². The lowest BCUT2D eigenvalue weighted by Crippen LogP contribution is -2.42. The molecule has 1 fully saturated rings. The summed E-state index contributed by atoms with van der Waals surface area (Å²) in [6.45, 7) is -0.692. The number of carboxylic acids is 1. The summed E-state index contributed by atoms with van der Waals surface area (Å²) in [4.78, 5) is 35.7. The summed E-state index contributed by atoms with van der Waals surface area (Å²) in [6, 6.07) is 0. The van der Waals surface area contributed by atoms with Gasteiger partial charge in [-0.25, -0.2) is 9.59 Å². The first-order valence-electron chi connectivity index (χ1n) is 6.15. The number of nitrogens with zero attached hydrogens (tertiary/aromatic N) is 1. The molecule has 1 aromatic rings. The number of aromatic nitrogens is 2. The first kappa shape index (κ1) is 16.3. The van der Waals surface area contributed by atoms with Crippen LogP contribution in [-0.2, 0) is 16.1 Å². The molecule has 1 aliphatic rings. The molecule has 11 heteroatoms. The molecule has 0 aliphatic carbocycles. The number of ether oxygens (including phenoxy) is 1. The van der Waals surface area contributed by atoms with Crippen LogP contribution in [0.3, 0.4) is 0 Å². The summed E-state index contributed by atoms with van der Waals surface area (Å²) in [5.74, 6) is -1.68. The van der Waals surface area contributed by atoms with Crippen LogP contribution in [0.25, 0.3) is 0 Å². The molecule has 11 nitrogen and oxygen atoms in total. The molecule has 2 rings (SSSR count). The van der Waals surface area contributed by atoms with E-state index in [1.54, 1.807) is 0 Å². The minimum atomic E-state index is -2.12. The van der Waals surface area contributed by atoms with Gasteiger partial charge in [0.25, 0.3) is 5.56 Å². The van der Waals surface area contributed by atoms with Crippen molar-refractivity contribution in [1.82, 2.24) is 9.55 Å². The molecule has 1 saturated heterocycles. The SMILES string of the molecule is O=C(O)[C@@H](O)[C@H]1O[C@@H](n2cc(CO)c(=O)[nH]c2=O)[C@H](O)[C@@H]1O. The number of aliphatic hydroxyl groups is 4. The second-order valence-electron chi connectivity index (χ2n) is 4.73. The number of rotatable bonds is 4. The van der Waals surface area contributed by atoms with Gasteiger partial charge in [-0.2, -0.15) is 0 Å². The van der Waals surface area contributed by atoms with Crippen LogP contribution < -0.4 is 11.2 Å². The lowest BCUT2D eigenvalue weighted by atomic mass is 10.1. The molecular weight excluding hydrogens is 304 g/mol. The van der Waals surface area contributed by atoms with Crippen molar-refractivity contribution in [2.45, 2.75) is 37.3 Å². The van der Waals surface area contributed by atoms with Gasteiger partial charge in [-0.1, -0.05) is 0 Å². The monoisotopic (exact) mass is 318 g/mol. The normalized spacial score (nSPS) is 29.5. The number of aliphatic hydroxyl groups excluding tert-OH is 4. The maximum atomic E-state index is 11.7. The summed E-state index contributed by atoms with van der Waals surface area (Å²) >= 11 is 0. The highest BCUT2D eigenvalue weighted by Gasteiger charge is 2.49. The number of aliphatic carboxylic acids is 1. The fraction of sp³-hybridized carbons (Fsp3) is 0.545. The number of H-pyrrole nitrogens is 1. The Kier molecular flexibility index (Phi) is 4.44. The first-order valence-corrected chi connectivity index (χ1v) is 6.15. The Labute approximate surface area is 121 Å². The van der Waals surface area contributed by atoms with Crippen molar-refractivity contribution in [2.75, 3.05) is 0 Å². The van der Waals surface area contributed by atoms with Crippen LogP contribution in [0.2, 0.25) is 0 Å². The van der Waals surface area contributed by atoms with E-state index < -0.39 is 54.5 Å². The summed E-state index contributed by atoms with van der Waals surface area (Å²) in [5, 5.41) is 46.7. The maximum Gasteiger partial charge on any atom is 0.335 e. The van der Waals surface area contributed by atoms with E-state index in [2.05, 4.69) is 0 Å². The van der Waals surface area contributed by atoms with E-state index in [-0.39, 0.29) is 5.56 Å². The molecule has 0 radical (unpaired) electrons. The quantitative estimate of drug-likeness (QED) is 0.323. The Morgan fingerprint density at radius 1 is 1.36 bits per heavy atom. The first-order chi connectivity index (χ1) is 10.3. The van der Waals surface area contributed by atoms with Gasteiger partial charge >= 0.3 is 11.7 Å². The summed E-state index contributed by atoms with van der Waals surface area (Å²) in [6.07, 6.45) is -7.92. The molecule has 0 saturated carbocycles. The average molecular weight is 318 g/mol. The number of hydrogen-bond donors (Lipinski definition) is 6. The number of hydrogen-bond acceptors (Lipinski definition) is 8. The molecular formula is C11H14N2O9. The van der Waals surface area contributed by atoms with Crippen LogP contribution >= 0.6 is 0 Å². The van der Waals surface area contributed by atoms with Crippen molar-refractivity contribution < 1.29 is 35.1 Å². The van der Waals surface area contributed by atoms with Gasteiger partial charge in [0.15, 0.2) is 12.3 Å². The number of nitrogens with one attached hydrogen (secondary N) is 1. The molecule has 22 heavy (non-hydrogen) atoms. The van der Waals surface area contributed by atoms with E-state index in [0.717, 1.165) is 6.20 Å². The standard InChI is InChI=1S/C11H14N2O9/c14-2-3-1-13(11(21)12-8(3)18)9-5(16)4(15)7(22-9)6(17)10(19)20/h1,4-7,9,14-17H,2H2,(H,19,20)(H,12,18,21)/t4-,5+,6-,7-,9+/m0/s1. The third kappa shape index (κ3) is 2.67. The third-order valence-electron chi connectivity index (χ3n) is 3.33. The van der Waals surface area contributed by atoms with Gasteiger partial charge in [0, 0.05) is 6.20 Å². The predicted molar refractivity (Wildman–Crippen MR) is 66.8 cm³/mol. The summed E-state index contributed by atoms with van der Waals surface area (Å²) in [7, 11) is 0. The maximum absolute atomic E-state index is 11.7. The topological polar surface area (TPSA) is 182 Å². The molecule has 0 bridgehead atoms. The van der Waals surface area contributed by atoms with Crippen molar-refractivity contribution >= 4 is 5.97 Å². The number of carboxylic acid groups (broad SMARTS) is 1. The Bertz CT molecular complexity index is 681. The van der Waals surface area contributed by atoms with Gasteiger partial charge in [0.05, 0.1) is 12.2 Å². The third-order valence-corrected chi connectivity index (χ3v) is 3.33. The molecule has 122 valence electrons. The summed E-state index contributed by atoms with van der Waals surface area (Å²) < 4.78 is 5.73. The second kappa shape index (κ2) is 5.98. The minimum absolute atomic E-state index is 0.202. The zero-order chi connectivity index (χ0) is 16.6. The van der Waals surface area contributed by atoms with Crippen molar-refractivity contribution in [2.24, 2.45) is 0 Å². The predicted octanol–water partition coefficient (Wildman–Crippen LogP) is -3.91. The van der Waals surface area contributed by atoms with Crippen molar-refractivity contribution in [3.8, 4) is 0 Å². The van der Waals surface area contributed by atoms with Crippen LogP contribution in [-0.4, -0.2) is 65.5 Å². The lowest BCUT2D eigenvalue weighted by molar-refractivity contribution is -0.160. The Hall–Kier alpha value is -2.05. The molecule has 0 aromatic carbocycles. The highest BCUT2D eigenvalue weighted by molar-refractivity contribution is 5.72. The molecule has 0 unspecified atom stereocenters. The average Bonchev–Trinajstić information content (AvgIpc) is 2.75. The van der Waals surface area contributed by atoms with E-state index in [1.807, 2.05) is 4.98 Å². The fourth-order valence-corrected chi connectivity index (χ4v) is 2.15. The Balaban J connectivity index is 2.40. The molecule has 0 spiro atoms. The van der Waals surface area contributed by atoms with Crippen LogP contribution in [0.5, 0.6) is 0 Å². The van der Waals surface area contributed by atoms with Crippen molar-refractivity contribution in [3.63, 3.8) is 0 Å². The highest BCUT2D eigenvalue weighted by atomic mass is 16.6. The largest absolute Gasteiger partial charge is 0.479 e. The van der Waals surface area contributed by atoms with E-state index in [4.69, 9.17) is 14.9 Å². The Morgan fingerprint density at radius 2 is 2.00 bits per heavy atom. The van der Waals surface area contributed by atoms with E-state index in [1.165, 1.54) is 0 Å². The van der Waals surface area contributed by atoms with Gasteiger partial charge < -0.3 is 30.3 Å². The molecule has 2 heterocycles. The fourth-order valence-electron chi connectivity index (χ4n) is 2.15. The van der Waals surface area contributed by atoms with Crippen molar-refractivity contribution in [1.29, 1.82) is 0 Å². The molecule has 1 aliphatic heterocycles. The molecule has 6 N–H and O–H groups in total. The van der Waals surface area contributed by atoms with Crippen molar-refractivity contribution in [3.05, 3.63) is 32.6 Å².